The van der Waals surface area contributed by atoms with Crippen molar-refractivity contribution >= 4 is 34.7 Å². The van der Waals surface area contributed by atoms with E-state index >= 15 is 0 Å². The van der Waals surface area contributed by atoms with Crippen molar-refractivity contribution in [1.82, 2.24) is 34.6 Å². The number of hydrogen-bond donors (Lipinski definition) is 2. The molecule has 0 aliphatic carbocycles. The molecule has 0 bridgehead atoms. The van der Waals surface area contributed by atoms with E-state index in [1.54, 1.807) is 54.5 Å². The van der Waals surface area contributed by atoms with Crippen molar-refractivity contribution in [3.8, 4) is 5.88 Å². The molecule has 178 valence electrons. The molecule has 13 heteroatoms. The van der Waals surface area contributed by atoms with Gasteiger partial charge in [0.25, 0.3) is 5.88 Å². The number of anilines is 3. The third-order valence-corrected chi connectivity index (χ3v) is 5.02. The number of alkyl carbamates (subject to hydrolysis) is 1. The lowest BCUT2D eigenvalue weighted by Crippen LogP contribution is -2.44. The second kappa shape index (κ2) is 8.37. The highest BCUT2D eigenvalue weighted by Crippen LogP contribution is 2.30. The molecule has 0 radical (unpaired) electrons. The van der Waals surface area contributed by atoms with Gasteiger partial charge in [0.05, 0.1) is 32.2 Å². The average molecular weight is 462 g/mol. The van der Waals surface area contributed by atoms with E-state index in [0.717, 1.165) is 0 Å². The summed E-state index contributed by atoms with van der Waals surface area (Å²) in [7, 11) is 5.12. The number of alkyl halides is 1. The van der Waals surface area contributed by atoms with Gasteiger partial charge in [0.1, 0.15) is 17.5 Å². The second-order valence-electron chi connectivity index (χ2n) is 8.92. The quantitative estimate of drug-likeness (QED) is 0.586. The van der Waals surface area contributed by atoms with Crippen LogP contribution >= 0.6 is 0 Å². The smallest absolute Gasteiger partial charge is 0.408 e. The number of nitrogens with zero attached hydrogens (tertiary/aromatic N) is 7. The van der Waals surface area contributed by atoms with Gasteiger partial charge in [-0.2, -0.15) is 9.97 Å². The van der Waals surface area contributed by atoms with Gasteiger partial charge in [0.15, 0.2) is 17.0 Å². The fraction of sp³-hybridized carbons (Fsp3) is 0.550. The minimum atomic E-state index is -1.31. The normalized spacial score (nSPS) is 18.6. The monoisotopic (exact) mass is 461 g/mol. The van der Waals surface area contributed by atoms with Crippen molar-refractivity contribution in [2.75, 3.05) is 30.4 Å². The predicted molar refractivity (Wildman–Crippen MR) is 120 cm³/mol. The summed E-state index contributed by atoms with van der Waals surface area (Å²) in [6, 6.07) is -0.750. The summed E-state index contributed by atoms with van der Waals surface area (Å²) in [6.45, 7) is 5.48. The van der Waals surface area contributed by atoms with Crippen LogP contribution in [0, 0.1) is 0 Å². The van der Waals surface area contributed by atoms with Crippen LogP contribution in [0.4, 0.5) is 26.6 Å². The van der Waals surface area contributed by atoms with E-state index in [9.17, 15) is 9.18 Å². The van der Waals surface area contributed by atoms with E-state index in [-0.39, 0.29) is 13.1 Å². The van der Waals surface area contributed by atoms with Gasteiger partial charge in [-0.05, 0) is 20.8 Å². The number of aryl methyl sites for hydroxylation is 2. The molecule has 1 fully saturated rings. The predicted octanol–water partition coefficient (Wildman–Crippen LogP) is 1.90. The summed E-state index contributed by atoms with van der Waals surface area (Å²) in [5.74, 6) is 1.14. The summed E-state index contributed by atoms with van der Waals surface area (Å²) in [4.78, 5) is 27.4. The first kappa shape index (κ1) is 22.6. The molecule has 4 heterocycles. The Kier molecular flexibility index (Phi) is 5.72. The zero-order valence-electron chi connectivity index (χ0n) is 19.5. The Morgan fingerprint density at radius 1 is 1.24 bits per heavy atom. The maximum Gasteiger partial charge on any atom is 0.408 e. The number of aromatic nitrogens is 6. The highest BCUT2D eigenvalue weighted by atomic mass is 19.1. The number of halogens is 1. The fourth-order valence-electron chi connectivity index (χ4n) is 3.58. The van der Waals surface area contributed by atoms with Crippen LogP contribution in [0.2, 0.25) is 0 Å². The molecule has 4 rings (SSSR count). The van der Waals surface area contributed by atoms with Crippen LogP contribution in [-0.2, 0) is 18.8 Å². The van der Waals surface area contributed by atoms with Crippen molar-refractivity contribution in [1.29, 1.82) is 0 Å². The number of nitrogens with one attached hydrogen (secondary N) is 2. The van der Waals surface area contributed by atoms with Crippen LogP contribution in [-0.4, -0.2) is 73.4 Å². The molecule has 1 amide bonds. The van der Waals surface area contributed by atoms with Gasteiger partial charge in [-0.3, -0.25) is 4.68 Å². The zero-order valence-corrected chi connectivity index (χ0v) is 19.5. The maximum absolute atomic E-state index is 14.8. The Hall–Kier alpha value is -3.64. The highest BCUT2D eigenvalue weighted by Gasteiger charge is 2.36. The first-order valence-corrected chi connectivity index (χ1v) is 10.5. The van der Waals surface area contributed by atoms with Gasteiger partial charge >= 0.3 is 6.09 Å². The number of rotatable bonds is 5. The summed E-state index contributed by atoms with van der Waals surface area (Å²) < 4.78 is 28.7. The summed E-state index contributed by atoms with van der Waals surface area (Å²) in [6.07, 6.45) is 1.41. The van der Waals surface area contributed by atoms with E-state index in [1.807, 2.05) is 7.05 Å². The van der Waals surface area contributed by atoms with Crippen molar-refractivity contribution in [2.24, 2.45) is 14.1 Å². The van der Waals surface area contributed by atoms with Crippen LogP contribution in [0.1, 0.15) is 20.8 Å². The molecular formula is C20H28FN9O3. The number of carbonyl (C=O) groups is 1. The molecule has 0 saturated carbocycles. The average Bonchev–Trinajstić information content (AvgIpc) is 3.38. The van der Waals surface area contributed by atoms with Crippen LogP contribution < -0.4 is 20.3 Å². The number of ether oxygens (including phenoxy) is 2. The van der Waals surface area contributed by atoms with E-state index in [2.05, 4.69) is 30.7 Å². The molecule has 3 aromatic heterocycles. The molecule has 33 heavy (non-hydrogen) atoms. The minimum Gasteiger partial charge on any atom is -0.478 e. The van der Waals surface area contributed by atoms with Crippen LogP contribution in [0.3, 0.4) is 0 Å². The highest BCUT2D eigenvalue weighted by molar-refractivity contribution is 5.87. The molecule has 0 aromatic carbocycles. The number of hydrogen-bond acceptors (Lipinski definition) is 9. The Bertz CT molecular complexity index is 1170. The fourth-order valence-corrected chi connectivity index (χ4v) is 3.58. The Labute approximate surface area is 190 Å². The van der Waals surface area contributed by atoms with Crippen molar-refractivity contribution in [2.45, 2.75) is 38.6 Å². The van der Waals surface area contributed by atoms with E-state index < -0.39 is 23.9 Å². The number of carbonyl (C=O) groups excluding carboxylic acids is 1. The molecule has 3 aromatic rings. The first-order chi connectivity index (χ1) is 15.5. The van der Waals surface area contributed by atoms with Gasteiger partial charge in [-0.15, -0.1) is 5.10 Å². The second-order valence-corrected chi connectivity index (χ2v) is 8.92. The molecule has 0 unspecified atom stereocenters. The van der Waals surface area contributed by atoms with E-state index in [4.69, 9.17) is 9.47 Å². The molecule has 1 aliphatic rings. The van der Waals surface area contributed by atoms with Crippen molar-refractivity contribution in [3.05, 3.63) is 12.5 Å². The van der Waals surface area contributed by atoms with Crippen molar-refractivity contribution < 1.29 is 18.7 Å². The van der Waals surface area contributed by atoms with E-state index in [0.29, 0.717) is 34.5 Å². The lowest BCUT2D eigenvalue weighted by molar-refractivity contribution is 0.0490. The van der Waals surface area contributed by atoms with Crippen LogP contribution in [0.5, 0.6) is 5.88 Å². The van der Waals surface area contributed by atoms with Gasteiger partial charge in [-0.25, -0.2) is 14.2 Å². The molecular weight excluding hydrogens is 433 g/mol. The third-order valence-electron chi connectivity index (χ3n) is 5.02. The van der Waals surface area contributed by atoms with Gasteiger partial charge in [0.2, 0.25) is 5.95 Å². The molecule has 2 N–H and O–H groups in total. The third kappa shape index (κ3) is 4.76. The van der Waals surface area contributed by atoms with E-state index in [1.165, 1.54) is 7.11 Å². The Morgan fingerprint density at radius 2 is 2.00 bits per heavy atom. The zero-order chi connectivity index (χ0) is 23.9. The SMILES string of the molecule is COc1nn(C)cc1Nc1nc(N2C[C@@H](F)[C@H](NC(=O)OC(C)(C)C)C2)nc2c1ncn2C. The molecule has 0 spiro atoms. The standard InChI is InChI=1S/C20H28FN9O3/c1-20(2,3)33-19(31)24-12-9-30(7-11(12)21)18-25-15(14-16(26-18)28(4)10-22-14)23-13-8-29(5)27-17(13)32-6/h8,10-12H,7,9H2,1-6H3,(H,24,31)(H,23,25,26)/t11-,12-/m1/s1. The first-order valence-electron chi connectivity index (χ1n) is 10.5. The molecule has 1 saturated heterocycles. The molecule has 12 nitrogen and oxygen atoms in total. The topological polar surface area (TPSA) is 124 Å². The Balaban J connectivity index is 1.60. The van der Waals surface area contributed by atoms with Crippen LogP contribution in [0.25, 0.3) is 11.2 Å². The van der Waals surface area contributed by atoms with Gasteiger partial charge in [0, 0.05) is 20.6 Å². The summed E-state index contributed by atoms with van der Waals surface area (Å²) in [5.41, 5.74) is 1.05. The maximum atomic E-state index is 14.8. The largest absolute Gasteiger partial charge is 0.478 e. The van der Waals surface area contributed by atoms with Gasteiger partial charge in [-0.1, -0.05) is 0 Å². The lowest BCUT2D eigenvalue weighted by Gasteiger charge is -2.22. The number of imidazole rings is 1. The number of fused-ring (bicyclic) bond motifs is 1. The van der Waals surface area contributed by atoms with Crippen molar-refractivity contribution in [3.63, 3.8) is 0 Å². The Morgan fingerprint density at radius 3 is 2.70 bits per heavy atom. The number of methoxy groups -OCH3 is 1. The lowest BCUT2D eigenvalue weighted by atomic mass is 10.2. The summed E-state index contributed by atoms with van der Waals surface area (Å²) in [5, 5.41) is 10.0. The molecule has 1 aliphatic heterocycles. The minimum absolute atomic E-state index is 0.0273. The summed E-state index contributed by atoms with van der Waals surface area (Å²) >= 11 is 0. The van der Waals surface area contributed by atoms with Gasteiger partial charge < -0.3 is 29.6 Å². The number of amides is 1. The molecule has 2 atom stereocenters. The van der Waals surface area contributed by atoms with Crippen LogP contribution in [0.15, 0.2) is 12.5 Å².